The molecule has 1 fully saturated rings. The van der Waals surface area contributed by atoms with E-state index in [-0.39, 0.29) is 5.91 Å². The van der Waals surface area contributed by atoms with Gasteiger partial charge in [-0.15, -0.1) is 22.7 Å². The Balaban J connectivity index is 1.20. The van der Waals surface area contributed by atoms with Crippen molar-refractivity contribution in [3.05, 3.63) is 45.8 Å². The summed E-state index contributed by atoms with van der Waals surface area (Å²) in [6.07, 6.45) is 2.55. The topological polar surface area (TPSA) is 62.5 Å². The summed E-state index contributed by atoms with van der Waals surface area (Å²) >= 11 is 3.36. The zero-order valence-corrected chi connectivity index (χ0v) is 16.7. The molecule has 0 saturated carbocycles. The fourth-order valence-corrected chi connectivity index (χ4v) is 4.60. The maximum absolute atomic E-state index is 12.4. The number of hydrogen-bond acceptors (Lipinski definition) is 7. The van der Waals surface area contributed by atoms with Crippen LogP contribution >= 0.6 is 22.7 Å². The van der Waals surface area contributed by atoms with E-state index in [0.717, 1.165) is 43.9 Å². The minimum Gasteiger partial charge on any atom is -0.340 e. The highest BCUT2D eigenvalue weighted by atomic mass is 32.1. The molecular weight excluding hydrogens is 380 g/mol. The molecule has 0 aromatic carbocycles. The van der Waals surface area contributed by atoms with E-state index in [9.17, 15) is 4.79 Å². The van der Waals surface area contributed by atoms with Crippen LogP contribution in [-0.2, 0) is 17.8 Å². The van der Waals surface area contributed by atoms with Gasteiger partial charge < -0.3 is 9.42 Å². The Kier molecular flexibility index (Phi) is 5.96. The van der Waals surface area contributed by atoms with Crippen LogP contribution in [0.4, 0.5) is 0 Å². The Morgan fingerprint density at radius 2 is 1.93 bits per heavy atom. The lowest BCUT2D eigenvalue weighted by Gasteiger charge is -2.34. The molecule has 0 spiro atoms. The molecule has 0 bridgehead atoms. The molecule has 8 heteroatoms. The minimum atomic E-state index is 0.268. The van der Waals surface area contributed by atoms with E-state index in [0.29, 0.717) is 24.7 Å². The molecule has 0 N–H and O–H groups in total. The lowest BCUT2D eigenvalue weighted by Crippen LogP contribution is -2.48. The Hall–Kier alpha value is -2.03. The van der Waals surface area contributed by atoms with E-state index in [4.69, 9.17) is 4.52 Å². The molecular formula is C19H22N4O2S2. The molecule has 27 heavy (non-hydrogen) atoms. The molecule has 1 saturated heterocycles. The van der Waals surface area contributed by atoms with Crippen molar-refractivity contribution in [2.24, 2.45) is 0 Å². The Labute approximate surface area is 166 Å². The van der Waals surface area contributed by atoms with Gasteiger partial charge in [-0.1, -0.05) is 17.3 Å². The quantitative estimate of drug-likeness (QED) is 0.605. The maximum Gasteiger partial charge on any atom is 0.241 e. The van der Waals surface area contributed by atoms with E-state index in [1.807, 2.05) is 22.4 Å². The van der Waals surface area contributed by atoms with Crippen LogP contribution in [0.25, 0.3) is 10.7 Å². The lowest BCUT2D eigenvalue weighted by molar-refractivity contribution is -0.133. The first kappa shape index (κ1) is 18.3. The third kappa shape index (κ3) is 4.82. The van der Waals surface area contributed by atoms with Gasteiger partial charge in [0.15, 0.2) is 0 Å². The summed E-state index contributed by atoms with van der Waals surface area (Å²) in [5.74, 6) is 1.55. The molecule has 142 valence electrons. The summed E-state index contributed by atoms with van der Waals surface area (Å²) in [5.41, 5.74) is 0. The van der Waals surface area contributed by atoms with Gasteiger partial charge in [-0.3, -0.25) is 9.69 Å². The summed E-state index contributed by atoms with van der Waals surface area (Å²) in [4.78, 5) is 23.5. The largest absolute Gasteiger partial charge is 0.340 e. The molecule has 6 nitrogen and oxygen atoms in total. The number of carbonyl (C=O) groups is 1. The van der Waals surface area contributed by atoms with Crippen molar-refractivity contribution in [3.63, 3.8) is 0 Å². The number of amides is 1. The van der Waals surface area contributed by atoms with Crippen LogP contribution in [0.15, 0.2) is 39.5 Å². The van der Waals surface area contributed by atoms with Crippen LogP contribution < -0.4 is 0 Å². The normalized spacial score (nSPS) is 15.3. The predicted octanol–water partition coefficient (Wildman–Crippen LogP) is 3.53. The van der Waals surface area contributed by atoms with Crippen molar-refractivity contribution in [2.75, 3.05) is 26.2 Å². The van der Waals surface area contributed by atoms with Crippen LogP contribution in [0.3, 0.4) is 0 Å². The van der Waals surface area contributed by atoms with Crippen molar-refractivity contribution in [3.8, 4) is 10.7 Å². The average Bonchev–Trinajstić information content (AvgIpc) is 3.44. The van der Waals surface area contributed by atoms with Gasteiger partial charge in [0.05, 0.1) is 11.4 Å². The van der Waals surface area contributed by atoms with E-state index in [1.54, 1.807) is 22.7 Å². The van der Waals surface area contributed by atoms with Gasteiger partial charge in [-0.2, -0.15) is 4.98 Å². The van der Waals surface area contributed by atoms with Gasteiger partial charge in [0.1, 0.15) is 0 Å². The predicted molar refractivity (Wildman–Crippen MR) is 107 cm³/mol. The van der Waals surface area contributed by atoms with E-state index in [2.05, 4.69) is 32.6 Å². The molecule has 1 aliphatic rings. The van der Waals surface area contributed by atoms with Gasteiger partial charge in [-0.25, -0.2) is 0 Å². The van der Waals surface area contributed by atoms with Crippen molar-refractivity contribution >= 4 is 28.6 Å². The standard InChI is InChI=1S/C19H22N4O2S2/c24-18(7-1-4-15-5-2-12-26-15)23-10-8-22(9-11-23)14-17-20-19(21-25-17)16-6-3-13-27-16/h2-3,5-6,12-13H,1,4,7-11,14H2. The molecule has 4 heterocycles. The average molecular weight is 403 g/mol. The zero-order chi connectivity index (χ0) is 18.5. The minimum absolute atomic E-state index is 0.268. The summed E-state index contributed by atoms with van der Waals surface area (Å²) < 4.78 is 5.38. The van der Waals surface area contributed by atoms with Crippen molar-refractivity contribution in [1.29, 1.82) is 0 Å². The number of carbonyl (C=O) groups excluding carboxylic acids is 1. The third-order valence-electron chi connectivity index (χ3n) is 4.69. The fourth-order valence-electron chi connectivity index (χ4n) is 3.20. The Morgan fingerprint density at radius 1 is 1.11 bits per heavy atom. The van der Waals surface area contributed by atoms with Crippen molar-refractivity contribution < 1.29 is 9.32 Å². The SMILES string of the molecule is O=C(CCCc1cccs1)N1CCN(Cc2nc(-c3cccs3)no2)CC1. The lowest BCUT2D eigenvalue weighted by atomic mass is 10.2. The fraction of sp³-hybridized carbons (Fsp3) is 0.421. The highest BCUT2D eigenvalue weighted by Gasteiger charge is 2.22. The number of aromatic nitrogens is 2. The van der Waals surface area contributed by atoms with Gasteiger partial charge >= 0.3 is 0 Å². The highest BCUT2D eigenvalue weighted by molar-refractivity contribution is 7.13. The number of nitrogens with zero attached hydrogens (tertiary/aromatic N) is 4. The molecule has 0 radical (unpaired) electrons. The van der Waals surface area contributed by atoms with Crippen LogP contribution in [-0.4, -0.2) is 52.0 Å². The number of piperazine rings is 1. The highest BCUT2D eigenvalue weighted by Crippen LogP contribution is 2.22. The number of rotatable bonds is 7. The van der Waals surface area contributed by atoms with Crippen molar-refractivity contribution in [1.82, 2.24) is 19.9 Å². The van der Waals surface area contributed by atoms with Gasteiger partial charge in [0.2, 0.25) is 17.6 Å². The van der Waals surface area contributed by atoms with E-state index >= 15 is 0 Å². The van der Waals surface area contributed by atoms with Gasteiger partial charge in [-0.05, 0) is 35.7 Å². The summed E-state index contributed by atoms with van der Waals surface area (Å²) in [6.45, 7) is 3.85. The smallest absolute Gasteiger partial charge is 0.241 e. The van der Waals surface area contributed by atoms with Crippen LogP contribution in [0.2, 0.25) is 0 Å². The zero-order valence-electron chi connectivity index (χ0n) is 15.0. The molecule has 3 aromatic heterocycles. The molecule has 0 atom stereocenters. The van der Waals surface area contributed by atoms with Gasteiger partial charge in [0.25, 0.3) is 0 Å². The first-order valence-corrected chi connectivity index (χ1v) is 10.9. The summed E-state index contributed by atoms with van der Waals surface area (Å²) in [6, 6.07) is 8.16. The van der Waals surface area contributed by atoms with Crippen LogP contribution in [0, 0.1) is 0 Å². The Bertz CT molecular complexity index is 837. The second-order valence-electron chi connectivity index (χ2n) is 6.58. The monoisotopic (exact) mass is 402 g/mol. The molecule has 0 unspecified atom stereocenters. The first-order chi connectivity index (χ1) is 13.3. The Morgan fingerprint density at radius 3 is 2.67 bits per heavy atom. The van der Waals surface area contributed by atoms with E-state index < -0.39 is 0 Å². The van der Waals surface area contributed by atoms with Crippen molar-refractivity contribution in [2.45, 2.75) is 25.8 Å². The summed E-state index contributed by atoms with van der Waals surface area (Å²) in [7, 11) is 0. The first-order valence-electron chi connectivity index (χ1n) is 9.17. The second kappa shape index (κ2) is 8.77. The second-order valence-corrected chi connectivity index (χ2v) is 8.56. The number of aryl methyl sites for hydroxylation is 1. The van der Waals surface area contributed by atoms with E-state index in [1.165, 1.54) is 4.88 Å². The maximum atomic E-state index is 12.4. The molecule has 3 aromatic rings. The third-order valence-corrected chi connectivity index (χ3v) is 6.49. The molecule has 4 rings (SSSR count). The number of thiophene rings is 2. The molecule has 1 amide bonds. The van der Waals surface area contributed by atoms with Crippen LogP contribution in [0.1, 0.15) is 23.6 Å². The molecule has 1 aliphatic heterocycles. The molecule has 0 aliphatic carbocycles. The summed E-state index contributed by atoms with van der Waals surface area (Å²) in [5, 5.41) is 8.14. The number of hydrogen-bond donors (Lipinski definition) is 0. The van der Waals surface area contributed by atoms with Gasteiger partial charge in [0, 0.05) is 37.5 Å². The van der Waals surface area contributed by atoms with Crippen LogP contribution in [0.5, 0.6) is 0 Å².